The van der Waals surface area contributed by atoms with Crippen molar-refractivity contribution >= 4 is 17.1 Å². The first kappa shape index (κ1) is 17.9. The van der Waals surface area contributed by atoms with Gasteiger partial charge in [0.1, 0.15) is 11.6 Å². The summed E-state index contributed by atoms with van der Waals surface area (Å²) in [5.41, 5.74) is 6.11. The van der Waals surface area contributed by atoms with E-state index in [0.29, 0.717) is 0 Å². The normalized spacial score (nSPS) is 17.5. The summed E-state index contributed by atoms with van der Waals surface area (Å²) in [6.45, 7) is 2.73. The third kappa shape index (κ3) is 3.38. The van der Waals surface area contributed by atoms with Crippen LogP contribution in [0.25, 0.3) is 11.1 Å². The third-order valence-electron chi connectivity index (χ3n) is 4.77. The van der Waals surface area contributed by atoms with E-state index in [2.05, 4.69) is 23.5 Å². The average molecular weight is 352 g/mol. The summed E-state index contributed by atoms with van der Waals surface area (Å²) < 4.78 is 5.32. The van der Waals surface area contributed by atoms with Crippen LogP contribution in [0.15, 0.2) is 53.4 Å². The topological polar surface area (TPSA) is 61.8 Å². The molecular formula is C21H24N2O3. The van der Waals surface area contributed by atoms with Gasteiger partial charge in [-0.15, -0.1) is 0 Å². The Bertz CT molecular complexity index is 873. The fraction of sp³-hybridized carbons (Fsp3) is 0.286. The lowest BCUT2D eigenvalue weighted by Crippen LogP contribution is -2.28. The van der Waals surface area contributed by atoms with Crippen LogP contribution in [-0.2, 0) is 4.79 Å². The number of dihydropyridines is 1. The van der Waals surface area contributed by atoms with Gasteiger partial charge in [0.2, 0.25) is 0 Å². The van der Waals surface area contributed by atoms with Crippen molar-refractivity contribution in [3.63, 3.8) is 0 Å². The van der Waals surface area contributed by atoms with E-state index >= 15 is 0 Å². The molecule has 0 fully saturated rings. The first-order valence-electron chi connectivity index (χ1n) is 8.55. The number of ether oxygens (including phenoxy) is 1. The van der Waals surface area contributed by atoms with Crippen LogP contribution in [-0.4, -0.2) is 43.7 Å². The number of carboxylic acids is 1. The molecule has 0 unspecified atom stereocenters. The van der Waals surface area contributed by atoms with Gasteiger partial charge in [-0.1, -0.05) is 12.1 Å². The van der Waals surface area contributed by atoms with Gasteiger partial charge in [0.05, 0.1) is 13.5 Å². The van der Waals surface area contributed by atoms with Crippen LogP contribution < -0.4 is 10.1 Å². The minimum absolute atomic E-state index is 0.00528. The molecule has 3 rings (SSSR count). The van der Waals surface area contributed by atoms with Crippen LogP contribution in [0.2, 0.25) is 0 Å². The maximum absolute atomic E-state index is 11.3. The van der Waals surface area contributed by atoms with Gasteiger partial charge in [-0.05, 0) is 64.6 Å². The average Bonchev–Trinajstić information content (AvgIpc) is 2.87. The van der Waals surface area contributed by atoms with Gasteiger partial charge in [0, 0.05) is 20.6 Å². The summed E-state index contributed by atoms with van der Waals surface area (Å²) in [7, 11) is 5.62. The fourth-order valence-electron chi connectivity index (χ4n) is 3.35. The predicted octanol–water partition coefficient (Wildman–Crippen LogP) is 3.27. The number of fused-ring (bicyclic) bond motifs is 1. The van der Waals surface area contributed by atoms with Gasteiger partial charge in [0.25, 0.3) is 0 Å². The number of hydrogen-bond donors (Lipinski definition) is 2. The molecule has 0 spiro atoms. The van der Waals surface area contributed by atoms with E-state index in [4.69, 9.17) is 4.74 Å². The van der Waals surface area contributed by atoms with Crippen LogP contribution in [0, 0.1) is 0 Å². The van der Waals surface area contributed by atoms with Crippen molar-refractivity contribution in [2.75, 3.05) is 27.7 Å². The summed E-state index contributed by atoms with van der Waals surface area (Å²) in [5.74, 6) is 0.979. The van der Waals surface area contributed by atoms with Gasteiger partial charge >= 0.3 is 5.97 Å². The third-order valence-corrected chi connectivity index (χ3v) is 4.77. The molecule has 0 aromatic heterocycles. The summed E-state index contributed by atoms with van der Waals surface area (Å²) in [6, 6.07) is 5.85. The molecule has 26 heavy (non-hydrogen) atoms. The number of aliphatic carboxylic acids is 1. The zero-order valence-corrected chi connectivity index (χ0v) is 15.6. The molecule has 2 N–H and O–H groups in total. The van der Waals surface area contributed by atoms with E-state index in [-0.39, 0.29) is 6.42 Å². The molecule has 0 amide bonds. The van der Waals surface area contributed by atoms with Crippen molar-refractivity contribution in [2.24, 2.45) is 0 Å². The smallest absolute Gasteiger partial charge is 0.307 e. The van der Waals surface area contributed by atoms with Gasteiger partial charge in [-0.3, -0.25) is 4.79 Å². The van der Waals surface area contributed by atoms with Crippen LogP contribution in [0.4, 0.5) is 0 Å². The van der Waals surface area contributed by atoms with Crippen molar-refractivity contribution in [1.29, 1.82) is 0 Å². The van der Waals surface area contributed by atoms with E-state index in [1.54, 1.807) is 7.11 Å². The predicted molar refractivity (Wildman–Crippen MR) is 104 cm³/mol. The minimum Gasteiger partial charge on any atom is -0.497 e. The number of methoxy groups -OCH3 is 1. The van der Waals surface area contributed by atoms with Gasteiger partial charge in [0.15, 0.2) is 0 Å². The largest absolute Gasteiger partial charge is 0.497 e. The number of nitrogens with zero attached hydrogens (tertiary/aromatic N) is 1. The Balaban J connectivity index is 2.05. The second kappa shape index (κ2) is 7.12. The summed E-state index contributed by atoms with van der Waals surface area (Å²) >= 11 is 0. The molecule has 0 saturated carbocycles. The van der Waals surface area contributed by atoms with Crippen molar-refractivity contribution in [3.05, 3.63) is 64.5 Å². The highest BCUT2D eigenvalue weighted by Gasteiger charge is 2.26. The molecule has 1 heterocycles. The first-order chi connectivity index (χ1) is 12.4. The number of allylic oxidation sites excluding steroid dienone is 4. The highest BCUT2D eigenvalue weighted by atomic mass is 16.5. The van der Waals surface area contributed by atoms with Gasteiger partial charge < -0.3 is 20.1 Å². The molecule has 5 heteroatoms. The molecule has 1 aromatic carbocycles. The van der Waals surface area contributed by atoms with Crippen molar-refractivity contribution in [3.8, 4) is 5.75 Å². The number of benzene rings is 1. The zero-order valence-electron chi connectivity index (χ0n) is 15.6. The summed E-state index contributed by atoms with van der Waals surface area (Å²) in [5, 5.41) is 12.7. The maximum atomic E-state index is 11.3. The number of rotatable bonds is 5. The molecule has 136 valence electrons. The number of carboxylic acid groups (broad SMARTS) is 1. The minimum atomic E-state index is -0.827. The fourth-order valence-corrected chi connectivity index (χ4v) is 3.35. The molecule has 1 aliphatic heterocycles. The second-order valence-corrected chi connectivity index (χ2v) is 6.69. The highest BCUT2D eigenvalue weighted by molar-refractivity contribution is 6.04. The quantitative estimate of drug-likeness (QED) is 0.852. The Kier molecular flexibility index (Phi) is 4.89. The molecule has 0 atom stereocenters. The van der Waals surface area contributed by atoms with E-state index in [0.717, 1.165) is 51.5 Å². The molecule has 0 bridgehead atoms. The van der Waals surface area contributed by atoms with Crippen LogP contribution in [0.1, 0.15) is 24.5 Å². The second-order valence-electron chi connectivity index (χ2n) is 6.69. The molecule has 1 aliphatic carbocycles. The molecule has 2 aliphatic rings. The Hall–Kier alpha value is -2.95. The summed E-state index contributed by atoms with van der Waals surface area (Å²) in [6.07, 6.45) is 6.30. The molecule has 5 nitrogen and oxygen atoms in total. The number of hydrogen-bond acceptors (Lipinski definition) is 4. The van der Waals surface area contributed by atoms with E-state index in [1.807, 2.05) is 44.1 Å². The lowest BCUT2D eigenvalue weighted by atomic mass is 9.99. The van der Waals surface area contributed by atoms with E-state index in [9.17, 15) is 9.90 Å². The van der Waals surface area contributed by atoms with Crippen molar-refractivity contribution < 1.29 is 14.6 Å². The first-order valence-corrected chi connectivity index (χ1v) is 8.55. The lowest BCUT2D eigenvalue weighted by Gasteiger charge is -2.22. The Morgan fingerprint density at radius 3 is 2.65 bits per heavy atom. The standard InChI is InChI=1S/C21H24N2O3/c1-13-17(9-14-5-8-20(22-12-14)23(2)3)16-7-6-15(26-4)10-19(16)18(13)11-21(24)25/h5-10,22H,11-12H2,1-4H3,(H,24,25)/b17-9-. The molecule has 0 radical (unpaired) electrons. The summed E-state index contributed by atoms with van der Waals surface area (Å²) in [4.78, 5) is 13.4. The van der Waals surface area contributed by atoms with Gasteiger partial charge in [-0.25, -0.2) is 0 Å². The van der Waals surface area contributed by atoms with Crippen molar-refractivity contribution in [1.82, 2.24) is 10.2 Å². The molecule has 0 saturated heterocycles. The van der Waals surface area contributed by atoms with E-state index < -0.39 is 5.97 Å². The maximum Gasteiger partial charge on any atom is 0.307 e. The zero-order chi connectivity index (χ0) is 18.8. The van der Waals surface area contributed by atoms with E-state index in [1.165, 1.54) is 0 Å². The number of carbonyl (C=O) groups is 1. The van der Waals surface area contributed by atoms with Crippen LogP contribution >= 0.6 is 0 Å². The van der Waals surface area contributed by atoms with Gasteiger partial charge in [-0.2, -0.15) is 0 Å². The highest BCUT2D eigenvalue weighted by Crippen LogP contribution is 2.44. The molecule has 1 aromatic rings. The Morgan fingerprint density at radius 2 is 2.08 bits per heavy atom. The molecular weight excluding hydrogens is 328 g/mol. The monoisotopic (exact) mass is 352 g/mol. The number of nitrogens with one attached hydrogen (secondary N) is 1. The Morgan fingerprint density at radius 1 is 1.31 bits per heavy atom. The SMILES string of the molecule is COc1ccc2c(c1)C(CC(=O)O)=C(C)/C2=C/C1=CC=C(N(C)C)NC1. The van der Waals surface area contributed by atoms with Crippen LogP contribution in [0.3, 0.4) is 0 Å². The van der Waals surface area contributed by atoms with Crippen molar-refractivity contribution in [2.45, 2.75) is 13.3 Å². The lowest BCUT2D eigenvalue weighted by molar-refractivity contribution is -0.135. The van der Waals surface area contributed by atoms with Crippen LogP contribution in [0.5, 0.6) is 5.75 Å². The Labute approximate surface area is 154 Å².